The van der Waals surface area contributed by atoms with Crippen molar-refractivity contribution >= 4 is 0 Å². The molecule has 3 rings (SSSR count). The molecule has 0 saturated heterocycles. The molecule has 0 aliphatic carbocycles. The van der Waals surface area contributed by atoms with E-state index in [2.05, 4.69) is 11.1 Å². The average Bonchev–Trinajstić information content (AvgIpc) is 2.58. The smallest absolute Gasteiger partial charge is 0.417 e. The summed E-state index contributed by atoms with van der Waals surface area (Å²) in [5.41, 5.74) is 3.11. The standard InChI is InChI=1S/C11H8N.C8H9O.Pt/c1-2-6-10(7-3-1)11-8-4-5-9-12-11;1-9-7-8-5-3-2-4-6-8;/h1-6,8-9H;2-7H,1H3;/q2*-1;+2. The summed E-state index contributed by atoms with van der Waals surface area (Å²) >= 11 is 0. The van der Waals surface area contributed by atoms with Crippen molar-refractivity contribution in [1.82, 2.24) is 4.98 Å². The molecule has 1 heterocycles. The Morgan fingerprint density at radius 2 is 1.64 bits per heavy atom. The maximum Gasteiger partial charge on any atom is 2.00 e. The molecule has 0 atom stereocenters. The fourth-order valence-electron chi connectivity index (χ4n) is 1.74. The Morgan fingerprint density at radius 1 is 0.909 bits per heavy atom. The SMILES string of the molecule is CO[CH-]c1ccccc1.[Pt+2].[c-]1ccccc1-c1ccccn1. The number of pyridine rings is 1. The predicted molar refractivity (Wildman–Crippen MR) is 85.4 cm³/mol. The Labute approximate surface area is 146 Å². The first-order valence-corrected chi connectivity index (χ1v) is 6.69. The molecule has 2 aromatic carbocycles. The Kier molecular flexibility index (Phi) is 8.90. The van der Waals surface area contributed by atoms with Gasteiger partial charge >= 0.3 is 21.1 Å². The van der Waals surface area contributed by atoms with Crippen LogP contribution in [0.15, 0.2) is 79.0 Å². The maximum atomic E-state index is 4.80. The number of hydrogen-bond acceptors (Lipinski definition) is 2. The van der Waals surface area contributed by atoms with Gasteiger partial charge < -0.3 is 9.72 Å². The van der Waals surface area contributed by atoms with Crippen molar-refractivity contribution in [3.05, 3.63) is 97.2 Å². The van der Waals surface area contributed by atoms with Gasteiger partial charge in [0.1, 0.15) is 0 Å². The van der Waals surface area contributed by atoms with Gasteiger partial charge in [-0.05, 0) is 11.8 Å². The van der Waals surface area contributed by atoms with Gasteiger partial charge in [0.25, 0.3) is 0 Å². The van der Waals surface area contributed by atoms with Crippen molar-refractivity contribution < 1.29 is 25.8 Å². The third-order valence-electron chi connectivity index (χ3n) is 2.70. The van der Waals surface area contributed by atoms with Gasteiger partial charge in [-0.15, -0.1) is 48.0 Å². The summed E-state index contributed by atoms with van der Waals surface area (Å²) in [6, 6.07) is 26.7. The van der Waals surface area contributed by atoms with Gasteiger partial charge in [0.2, 0.25) is 0 Å². The van der Waals surface area contributed by atoms with E-state index in [1.807, 2.05) is 72.8 Å². The van der Waals surface area contributed by atoms with Gasteiger partial charge in [-0.25, -0.2) is 0 Å². The fourth-order valence-corrected chi connectivity index (χ4v) is 1.74. The fraction of sp³-hybridized carbons (Fsp3) is 0.0526. The third-order valence-corrected chi connectivity index (χ3v) is 2.70. The molecule has 0 radical (unpaired) electrons. The van der Waals surface area contributed by atoms with Gasteiger partial charge in [-0.2, -0.15) is 17.7 Å². The second-order valence-electron chi connectivity index (χ2n) is 4.26. The van der Waals surface area contributed by atoms with Crippen molar-refractivity contribution in [2.75, 3.05) is 7.11 Å². The van der Waals surface area contributed by atoms with Crippen LogP contribution in [0.4, 0.5) is 0 Å². The molecule has 0 aliphatic heterocycles. The molecule has 114 valence electrons. The van der Waals surface area contributed by atoms with Crippen molar-refractivity contribution in [2.24, 2.45) is 0 Å². The van der Waals surface area contributed by atoms with Gasteiger partial charge in [-0.3, -0.25) is 0 Å². The monoisotopic (exact) mass is 470 g/mol. The predicted octanol–water partition coefficient (Wildman–Crippen LogP) is 4.39. The Morgan fingerprint density at radius 3 is 2.23 bits per heavy atom. The maximum absolute atomic E-state index is 4.80. The molecule has 0 saturated carbocycles. The summed E-state index contributed by atoms with van der Waals surface area (Å²) in [4.78, 5) is 4.22. The van der Waals surface area contributed by atoms with Gasteiger partial charge in [0, 0.05) is 13.3 Å². The van der Waals surface area contributed by atoms with Crippen LogP contribution >= 0.6 is 0 Å². The van der Waals surface area contributed by atoms with Gasteiger partial charge in [0.15, 0.2) is 0 Å². The van der Waals surface area contributed by atoms with Crippen LogP contribution in [-0.4, -0.2) is 12.1 Å². The zero-order chi connectivity index (χ0) is 14.8. The van der Waals surface area contributed by atoms with Crippen LogP contribution in [0.25, 0.3) is 11.3 Å². The molecule has 0 N–H and O–H groups in total. The van der Waals surface area contributed by atoms with Crippen LogP contribution < -0.4 is 0 Å². The first kappa shape index (κ1) is 18.2. The van der Waals surface area contributed by atoms with E-state index < -0.39 is 0 Å². The normalized spacial score (nSPS) is 8.95. The van der Waals surface area contributed by atoms with E-state index in [0.717, 1.165) is 16.8 Å². The van der Waals surface area contributed by atoms with Crippen molar-refractivity contribution in [1.29, 1.82) is 0 Å². The Balaban J connectivity index is 0.000000219. The first-order chi connectivity index (χ1) is 10.4. The molecule has 0 amide bonds. The van der Waals surface area contributed by atoms with E-state index in [1.54, 1.807) is 19.9 Å². The first-order valence-electron chi connectivity index (χ1n) is 6.69. The van der Waals surface area contributed by atoms with E-state index in [4.69, 9.17) is 4.74 Å². The minimum Gasteiger partial charge on any atom is -0.417 e. The molecule has 0 bridgehead atoms. The summed E-state index contributed by atoms with van der Waals surface area (Å²) in [5, 5.41) is 0. The minimum absolute atomic E-state index is 0. The van der Waals surface area contributed by atoms with Crippen LogP contribution in [-0.2, 0) is 25.8 Å². The molecule has 22 heavy (non-hydrogen) atoms. The molecule has 0 unspecified atom stereocenters. The molecule has 0 spiro atoms. The summed E-state index contributed by atoms with van der Waals surface area (Å²) in [6.45, 7) is 1.71. The minimum atomic E-state index is 0. The Hall–Kier alpha value is -1.89. The Bertz CT molecular complexity index is 577. The molecular weight excluding hydrogens is 453 g/mol. The second-order valence-corrected chi connectivity index (χ2v) is 4.26. The zero-order valence-corrected chi connectivity index (χ0v) is 14.5. The van der Waals surface area contributed by atoms with Crippen LogP contribution in [0.3, 0.4) is 0 Å². The molecule has 0 fully saturated rings. The third kappa shape index (κ3) is 6.26. The van der Waals surface area contributed by atoms with E-state index in [9.17, 15) is 0 Å². The largest absolute Gasteiger partial charge is 2.00 e. The van der Waals surface area contributed by atoms with Gasteiger partial charge in [-0.1, -0.05) is 24.8 Å². The summed E-state index contributed by atoms with van der Waals surface area (Å²) < 4.78 is 4.80. The molecule has 0 aliphatic rings. The number of methoxy groups -OCH3 is 1. The van der Waals surface area contributed by atoms with Crippen LogP contribution in [0.1, 0.15) is 5.56 Å². The molecule has 2 nitrogen and oxygen atoms in total. The summed E-state index contributed by atoms with van der Waals surface area (Å²) in [7, 11) is 1.65. The van der Waals surface area contributed by atoms with Crippen LogP contribution in [0, 0.1) is 12.7 Å². The van der Waals surface area contributed by atoms with Crippen LogP contribution in [0.5, 0.6) is 0 Å². The molecule has 3 aromatic rings. The van der Waals surface area contributed by atoms with E-state index in [0.29, 0.717) is 0 Å². The quantitative estimate of drug-likeness (QED) is 0.530. The average molecular weight is 470 g/mol. The van der Waals surface area contributed by atoms with E-state index >= 15 is 0 Å². The van der Waals surface area contributed by atoms with Crippen molar-refractivity contribution in [2.45, 2.75) is 0 Å². The second kappa shape index (κ2) is 10.8. The molecule has 3 heteroatoms. The van der Waals surface area contributed by atoms with Gasteiger partial charge in [0.05, 0.1) is 0 Å². The number of hydrogen-bond donors (Lipinski definition) is 0. The zero-order valence-electron chi connectivity index (χ0n) is 12.3. The van der Waals surface area contributed by atoms with E-state index in [1.165, 1.54) is 0 Å². The number of rotatable bonds is 3. The summed E-state index contributed by atoms with van der Waals surface area (Å²) in [6.07, 6.45) is 1.79. The number of aromatic nitrogens is 1. The number of benzene rings is 2. The molecule has 1 aromatic heterocycles. The van der Waals surface area contributed by atoms with Crippen molar-refractivity contribution in [3.8, 4) is 11.3 Å². The summed E-state index contributed by atoms with van der Waals surface area (Å²) in [5.74, 6) is 0. The number of ether oxygens (including phenoxy) is 1. The number of nitrogens with zero attached hydrogens (tertiary/aromatic N) is 1. The topological polar surface area (TPSA) is 22.1 Å². The van der Waals surface area contributed by atoms with E-state index in [-0.39, 0.29) is 21.1 Å². The van der Waals surface area contributed by atoms with Crippen molar-refractivity contribution in [3.63, 3.8) is 0 Å². The molecular formula is C19H17NOPt. The van der Waals surface area contributed by atoms with Crippen LogP contribution in [0.2, 0.25) is 0 Å².